The molecule has 0 bridgehead atoms. The van der Waals surface area contributed by atoms with Crippen LogP contribution in [0.2, 0.25) is 0 Å². The van der Waals surface area contributed by atoms with Crippen molar-refractivity contribution in [2.45, 2.75) is 38.7 Å². The summed E-state index contributed by atoms with van der Waals surface area (Å²) < 4.78 is 41.0. The maximum absolute atomic E-state index is 13.1. The summed E-state index contributed by atoms with van der Waals surface area (Å²) in [5.74, 6) is -1.59. The molecule has 1 atom stereocenters. The molecule has 4 amide bonds. The summed E-state index contributed by atoms with van der Waals surface area (Å²) in [5.41, 5.74) is -0.657. The van der Waals surface area contributed by atoms with Gasteiger partial charge >= 0.3 is 12.4 Å². The highest BCUT2D eigenvalue weighted by Crippen LogP contribution is 2.31. The van der Waals surface area contributed by atoms with E-state index in [1.165, 1.54) is 24.0 Å². The minimum Gasteiger partial charge on any atom is -0.406 e. The molecule has 1 aliphatic rings. The van der Waals surface area contributed by atoms with Crippen LogP contribution < -0.4 is 15.0 Å². The van der Waals surface area contributed by atoms with Crippen LogP contribution in [0.5, 0.6) is 5.75 Å². The fourth-order valence-corrected chi connectivity index (χ4v) is 3.56. The second-order valence-corrected chi connectivity index (χ2v) is 7.71. The van der Waals surface area contributed by atoms with Gasteiger partial charge in [0.1, 0.15) is 17.8 Å². The largest absolute Gasteiger partial charge is 0.573 e. The van der Waals surface area contributed by atoms with Gasteiger partial charge in [0.2, 0.25) is 5.91 Å². The summed E-state index contributed by atoms with van der Waals surface area (Å²) in [7, 11) is 0. The number of halogens is 3. The molecular formula is C22H22F3N3O4. The number of carbonyl (C=O) groups excluding carboxylic acids is 3. The molecule has 32 heavy (non-hydrogen) atoms. The third kappa shape index (κ3) is 4.68. The minimum atomic E-state index is -4.85. The van der Waals surface area contributed by atoms with E-state index in [1.807, 2.05) is 13.8 Å². The van der Waals surface area contributed by atoms with Crippen LogP contribution in [0.4, 0.5) is 23.7 Å². The van der Waals surface area contributed by atoms with Crippen molar-refractivity contribution in [2.24, 2.45) is 0 Å². The number of amides is 4. The van der Waals surface area contributed by atoms with Crippen LogP contribution in [0, 0.1) is 0 Å². The molecule has 1 fully saturated rings. The van der Waals surface area contributed by atoms with E-state index in [9.17, 15) is 27.6 Å². The molecule has 0 aromatic heterocycles. The molecule has 2 aromatic carbocycles. The van der Waals surface area contributed by atoms with Crippen LogP contribution in [-0.2, 0) is 15.1 Å². The quantitative estimate of drug-likeness (QED) is 0.681. The van der Waals surface area contributed by atoms with Crippen molar-refractivity contribution in [2.75, 3.05) is 11.4 Å². The molecule has 0 aliphatic carbocycles. The summed E-state index contributed by atoms with van der Waals surface area (Å²) in [6.07, 6.45) is -4.85. The van der Waals surface area contributed by atoms with Gasteiger partial charge in [-0.25, -0.2) is 4.79 Å². The van der Waals surface area contributed by atoms with E-state index in [2.05, 4.69) is 10.1 Å². The first-order valence-electron chi connectivity index (χ1n) is 9.80. The Morgan fingerprint density at radius 1 is 1.09 bits per heavy atom. The van der Waals surface area contributed by atoms with Gasteiger partial charge in [0.05, 0.1) is 0 Å². The molecule has 1 aliphatic heterocycles. The van der Waals surface area contributed by atoms with Crippen LogP contribution >= 0.6 is 0 Å². The number of alkyl halides is 3. The van der Waals surface area contributed by atoms with Crippen molar-refractivity contribution in [1.82, 2.24) is 10.2 Å². The van der Waals surface area contributed by atoms with Gasteiger partial charge in [-0.2, -0.15) is 0 Å². The number of hydrogen-bond acceptors (Lipinski definition) is 4. The van der Waals surface area contributed by atoms with Crippen molar-refractivity contribution < 1.29 is 32.3 Å². The summed E-state index contributed by atoms with van der Waals surface area (Å²) in [4.78, 5) is 40.9. The lowest BCUT2D eigenvalue weighted by atomic mass is 9.92. The van der Waals surface area contributed by atoms with E-state index in [0.717, 1.165) is 17.0 Å². The zero-order valence-electron chi connectivity index (χ0n) is 17.6. The number of nitrogens with one attached hydrogen (secondary N) is 1. The Balaban J connectivity index is 1.80. The molecule has 170 valence electrons. The van der Waals surface area contributed by atoms with E-state index in [0.29, 0.717) is 5.69 Å². The summed E-state index contributed by atoms with van der Waals surface area (Å²) >= 11 is 0. The molecule has 3 rings (SSSR count). The molecule has 1 heterocycles. The molecule has 10 heteroatoms. The normalized spacial score (nSPS) is 18.7. The lowest BCUT2D eigenvalue weighted by molar-refractivity contribution is -0.274. The third-order valence-corrected chi connectivity index (χ3v) is 5.05. The van der Waals surface area contributed by atoms with Gasteiger partial charge in [-0.3, -0.25) is 14.5 Å². The average Bonchev–Trinajstić information content (AvgIpc) is 2.92. The van der Waals surface area contributed by atoms with Crippen LogP contribution in [0.25, 0.3) is 0 Å². The van der Waals surface area contributed by atoms with E-state index >= 15 is 0 Å². The Hall–Kier alpha value is -3.56. The van der Waals surface area contributed by atoms with Crippen LogP contribution in [-0.4, -0.2) is 41.7 Å². The number of anilines is 1. The zero-order chi connectivity index (χ0) is 23.7. The SMILES string of the molecule is CC(C)N(C(=O)CN1C(=O)NC(C)(c2ccc(OC(F)(F)F)cc2)C1=O)c1ccccc1. The molecule has 1 saturated heterocycles. The lowest BCUT2D eigenvalue weighted by Crippen LogP contribution is -2.46. The zero-order valence-corrected chi connectivity index (χ0v) is 17.6. The fourth-order valence-electron chi connectivity index (χ4n) is 3.56. The Morgan fingerprint density at radius 3 is 2.22 bits per heavy atom. The van der Waals surface area contributed by atoms with Crippen LogP contribution in [0.15, 0.2) is 54.6 Å². The highest BCUT2D eigenvalue weighted by Gasteiger charge is 2.50. The van der Waals surface area contributed by atoms with Gasteiger partial charge in [-0.1, -0.05) is 30.3 Å². The maximum Gasteiger partial charge on any atom is 0.573 e. The topological polar surface area (TPSA) is 79.0 Å². The molecule has 2 aromatic rings. The van der Waals surface area contributed by atoms with Crippen molar-refractivity contribution in [3.63, 3.8) is 0 Å². The van der Waals surface area contributed by atoms with Crippen molar-refractivity contribution in [1.29, 1.82) is 0 Å². The Bertz CT molecular complexity index is 1010. The number of rotatable bonds is 6. The number of hydrogen-bond donors (Lipinski definition) is 1. The summed E-state index contributed by atoms with van der Waals surface area (Å²) in [6.45, 7) is 4.56. The predicted octanol–water partition coefficient (Wildman–Crippen LogP) is 3.79. The molecule has 0 saturated carbocycles. The van der Waals surface area contributed by atoms with Crippen LogP contribution in [0.1, 0.15) is 26.3 Å². The smallest absolute Gasteiger partial charge is 0.406 e. The van der Waals surface area contributed by atoms with Crippen molar-refractivity contribution in [3.8, 4) is 5.75 Å². The second-order valence-electron chi connectivity index (χ2n) is 7.71. The highest BCUT2D eigenvalue weighted by atomic mass is 19.4. The highest BCUT2D eigenvalue weighted by molar-refractivity contribution is 6.10. The van der Waals surface area contributed by atoms with Gasteiger partial charge in [0.15, 0.2) is 0 Å². The van der Waals surface area contributed by atoms with Crippen molar-refractivity contribution in [3.05, 3.63) is 60.2 Å². The van der Waals surface area contributed by atoms with Gasteiger partial charge < -0.3 is 15.0 Å². The van der Waals surface area contributed by atoms with E-state index < -0.39 is 42.0 Å². The Labute approximate surface area is 182 Å². The monoisotopic (exact) mass is 449 g/mol. The van der Waals surface area contributed by atoms with Gasteiger partial charge in [-0.15, -0.1) is 13.2 Å². The molecular weight excluding hydrogens is 427 g/mol. The number of carbonyl (C=O) groups is 3. The van der Waals surface area contributed by atoms with Crippen molar-refractivity contribution >= 4 is 23.5 Å². The fraction of sp³-hybridized carbons (Fsp3) is 0.318. The standard InChI is InChI=1S/C22H22F3N3O4/c1-14(2)28(16-7-5-4-6-8-16)18(29)13-27-19(30)21(3,26-20(27)31)15-9-11-17(12-10-15)32-22(23,24)25/h4-12,14H,13H2,1-3H3,(H,26,31). The van der Waals surface area contributed by atoms with Crippen LogP contribution in [0.3, 0.4) is 0 Å². The molecule has 1 unspecified atom stereocenters. The second kappa shape index (κ2) is 8.52. The lowest BCUT2D eigenvalue weighted by Gasteiger charge is -2.28. The Kier molecular flexibility index (Phi) is 6.16. The first kappa shape index (κ1) is 23.1. The summed E-state index contributed by atoms with van der Waals surface area (Å²) in [6, 6.07) is 12.5. The van der Waals surface area contributed by atoms with E-state index in [-0.39, 0.29) is 11.6 Å². The van der Waals surface area contributed by atoms with E-state index in [4.69, 9.17) is 0 Å². The van der Waals surface area contributed by atoms with E-state index in [1.54, 1.807) is 30.3 Å². The molecule has 0 spiro atoms. The number of ether oxygens (including phenoxy) is 1. The third-order valence-electron chi connectivity index (χ3n) is 5.05. The number of imide groups is 1. The molecule has 7 nitrogen and oxygen atoms in total. The number of para-hydroxylation sites is 1. The molecule has 0 radical (unpaired) electrons. The molecule has 1 N–H and O–H groups in total. The first-order chi connectivity index (χ1) is 14.9. The Morgan fingerprint density at radius 2 is 1.69 bits per heavy atom. The first-order valence-corrected chi connectivity index (χ1v) is 9.80. The predicted molar refractivity (Wildman–Crippen MR) is 110 cm³/mol. The minimum absolute atomic E-state index is 0.224. The number of urea groups is 1. The average molecular weight is 449 g/mol. The number of benzene rings is 2. The maximum atomic E-state index is 13.1. The number of nitrogens with zero attached hydrogens (tertiary/aromatic N) is 2. The van der Waals surface area contributed by atoms with Gasteiger partial charge in [-0.05, 0) is 50.6 Å². The van der Waals surface area contributed by atoms with Gasteiger partial charge in [0.25, 0.3) is 5.91 Å². The van der Waals surface area contributed by atoms with Gasteiger partial charge in [0, 0.05) is 11.7 Å². The summed E-state index contributed by atoms with van der Waals surface area (Å²) in [5, 5.41) is 2.53.